The lowest BCUT2D eigenvalue weighted by Crippen LogP contribution is -2.47. The number of methoxy groups -OCH3 is 1. The van der Waals surface area contributed by atoms with Crippen LogP contribution in [-0.4, -0.2) is 68.1 Å². The van der Waals surface area contributed by atoms with Crippen molar-refractivity contribution >= 4 is 38.6 Å². The van der Waals surface area contributed by atoms with Crippen LogP contribution in [0.5, 0.6) is 5.75 Å². The van der Waals surface area contributed by atoms with Gasteiger partial charge in [0.05, 0.1) is 24.1 Å². The molecule has 3 amide bonds. The maximum atomic E-state index is 13.3. The van der Waals surface area contributed by atoms with Gasteiger partial charge in [0.15, 0.2) is 0 Å². The quantitative estimate of drug-likeness (QED) is 0.368. The van der Waals surface area contributed by atoms with Gasteiger partial charge < -0.3 is 19.5 Å². The Balaban J connectivity index is 1.54. The van der Waals surface area contributed by atoms with E-state index in [9.17, 15) is 22.8 Å². The van der Waals surface area contributed by atoms with Crippen LogP contribution >= 0.6 is 0 Å². The lowest BCUT2D eigenvalue weighted by Gasteiger charge is -2.24. The summed E-state index contributed by atoms with van der Waals surface area (Å²) in [4.78, 5) is 40.4. The number of fused-ring (bicyclic) bond motifs is 7. The van der Waals surface area contributed by atoms with Crippen molar-refractivity contribution in [2.24, 2.45) is 5.92 Å². The second-order valence-corrected chi connectivity index (χ2v) is 15.3. The summed E-state index contributed by atoms with van der Waals surface area (Å²) in [7, 11) is 0.937. The lowest BCUT2D eigenvalue weighted by atomic mass is 9.81. The lowest BCUT2D eigenvalue weighted by molar-refractivity contribution is -0.144. The number of ether oxygens (including phenoxy) is 1. The molecule has 2 fully saturated rings. The van der Waals surface area contributed by atoms with E-state index in [2.05, 4.69) is 20.7 Å². The minimum atomic E-state index is -3.81. The fourth-order valence-electron chi connectivity index (χ4n) is 7.46. The minimum Gasteiger partial charge on any atom is -0.497 e. The number of carbonyl (C=O) groups excluding carboxylic acids is 3. The summed E-state index contributed by atoms with van der Waals surface area (Å²) in [6.45, 7) is 3.98. The number of carbonyl (C=O) groups is 3. The van der Waals surface area contributed by atoms with Gasteiger partial charge in [-0.2, -0.15) is 0 Å². The molecule has 10 nitrogen and oxygen atoms in total. The zero-order valence-corrected chi connectivity index (χ0v) is 27.4. The third kappa shape index (κ3) is 5.71. The van der Waals surface area contributed by atoms with Gasteiger partial charge >= 0.3 is 11.8 Å². The first-order valence-electron chi connectivity index (χ1n) is 15.8. The predicted molar refractivity (Wildman–Crippen MR) is 173 cm³/mol. The standard InChI is InChI=1S/C34H42N4O6S/c1-20(2)18-45(42,43)36-31(39)22-11-13-25-28(15-22)38-19-34(35-32(40)33(41)37(3)4)17-27(34)26-16-23(44-5)12-14-24(26)30(38)29(25)21-9-7-6-8-10-21/h11-16,20-21,27H,6-10,17-19H2,1-5H3,(H,35,40)(H,36,39). The number of benzene rings is 2. The average molecular weight is 635 g/mol. The Bertz CT molecular complexity index is 1800. The molecular weight excluding hydrogens is 592 g/mol. The first-order valence-corrected chi connectivity index (χ1v) is 17.4. The van der Waals surface area contributed by atoms with Crippen molar-refractivity contribution < 1.29 is 27.5 Å². The first-order chi connectivity index (χ1) is 21.3. The predicted octanol–water partition coefficient (Wildman–Crippen LogP) is 4.52. The van der Waals surface area contributed by atoms with E-state index in [1.807, 2.05) is 18.2 Å². The second-order valence-electron chi connectivity index (χ2n) is 13.5. The van der Waals surface area contributed by atoms with Crippen LogP contribution in [0, 0.1) is 5.92 Å². The van der Waals surface area contributed by atoms with Crippen LogP contribution in [0.1, 0.15) is 85.7 Å². The molecular formula is C34H42N4O6S. The van der Waals surface area contributed by atoms with E-state index in [0.717, 1.165) is 59.2 Å². The molecule has 240 valence electrons. The van der Waals surface area contributed by atoms with E-state index >= 15 is 0 Å². The van der Waals surface area contributed by atoms with E-state index in [1.54, 1.807) is 47.2 Å². The maximum absolute atomic E-state index is 13.3. The third-order valence-corrected chi connectivity index (χ3v) is 11.1. The van der Waals surface area contributed by atoms with Gasteiger partial charge in [-0.25, -0.2) is 13.1 Å². The number of nitrogens with zero attached hydrogens (tertiary/aromatic N) is 2. The molecule has 0 bridgehead atoms. The van der Waals surface area contributed by atoms with Gasteiger partial charge in [-0.15, -0.1) is 0 Å². The summed E-state index contributed by atoms with van der Waals surface area (Å²) in [5.74, 6) is -1.24. The highest BCUT2D eigenvalue weighted by molar-refractivity contribution is 7.90. The largest absolute Gasteiger partial charge is 0.497 e. The Morgan fingerprint density at radius 3 is 2.47 bits per heavy atom. The molecule has 6 rings (SSSR count). The first kappa shape index (κ1) is 31.1. The number of hydrogen-bond donors (Lipinski definition) is 2. The van der Waals surface area contributed by atoms with Gasteiger partial charge in [-0.3, -0.25) is 14.4 Å². The van der Waals surface area contributed by atoms with Crippen LogP contribution in [0.15, 0.2) is 36.4 Å². The van der Waals surface area contributed by atoms with E-state index in [1.165, 1.54) is 16.9 Å². The summed E-state index contributed by atoms with van der Waals surface area (Å²) < 4.78 is 35.3. The number of aromatic nitrogens is 1. The number of likely N-dealkylation sites (N-methyl/N-ethyl adjacent to an activating group) is 1. The van der Waals surface area contributed by atoms with E-state index in [4.69, 9.17) is 4.74 Å². The van der Waals surface area contributed by atoms with Gasteiger partial charge in [0, 0.05) is 48.6 Å². The molecule has 45 heavy (non-hydrogen) atoms. The number of amides is 3. The van der Waals surface area contributed by atoms with Crippen LogP contribution in [0.2, 0.25) is 0 Å². The summed E-state index contributed by atoms with van der Waals surface area (Å²) in [6, 6.07) is 11.5. The normalized spacial score (nSPS) is 20.9. The number of nitrogens with one attached hydrogen (secondary N) is 2. The minimum absolute atomic E-state index is 0.0386. The van der Waals surface area contributed by atoms with Crippen molar-refractivity contribution in [2.45, 2.75) is 76.3 Å². The van der Waals surface area contributed by atoms with Gasteiger partial charge in [-0.05, 0) is 72.6 Å². The second kappa shape index (κ2) is 11.5. The highest BCUT2D eigenvalue weighted by Gasteiger charge is 2.59. The van der Waals surface area contributed by atoms with E-state index < -0.39 is 33.3 Å². The van der Waals surface area contributed by atoms with Gasteiger partial charge in [0.1, 0.15) is 5.75 Å². The average Bonchev–Trinajstić information content (AvgIpc) is 3.62. The summed E-state index contributed by atoms with van der Waals surface area (Å²) in [6.07, 6.45) is 6.22. The summed E-state index contributed by atoms with van der Waals surface area (Å²) >= 11 is 0. The molecule has 1 aromatic heterocycles. The number of hydrogen-bond acceptors (Lipinski definition) is 6. The smallest absolute Gasteiger partial charge is 0.311 e. The van der Waals surface area contributed by atoms with Gasteiger partial charge in [-0.1, -0.05) is 39.2 Å². The summed E-state index contributed by atoms with van der Waals surface area (Å²) in [5.41, 5.74) is 4.73. The molecule has 0 radical (unpaired) electrons. The Morgan fingerprint density at radius 2 is 1.80 bits per heavy atom. The van der Waals surface area contributed by atoms with Gasteiger partial charge in [0.2, 0.25) is 10.0 Å². The van der Waals surface area contributed by atoms with Crippen LogP contribution in [0.25, 0.3) is 22.2 Å². The zero-order chi connectivity index (χ0) is 32.3. The Labute approximate surface area is 264 Å². The van der Waals surface area contributed by atoms with Crippen molar-refractivity contribution in [1.29, 1.82) is 0 Å². The molecule has 3 aromatic rings. The third-order valence-electron chi connectivity index (χ3n) is 9.55. The van der Waals surface area contributed by atoms with Crippen molar-refractivity contribution in [3.05, 3.63) is 53.1 Å². The highest BCUT2D eigenvalue weighted by atomic mass is 32.2. The van der Waals surface area contributed by atoms with Crippen molar-refractivity contribution in [3.8, 4) is 17.0 Å². The fourth-order valence-corrected chi connectivity index (χ4v) is 8.82. The van der Waals surface area contributed by atoms with Crippen LogP contribution in [0.4, 0.5) is 0 Å². The van der Waals surface area contributed by atoms with Gasteiger partial charge in [0.25, 0.3) is 5.91 Å². The Hall–Kier alpha value is -3.86. The Kier molecular flexibility index (Phi) is 7.95. The van der Waals surface area contributed by atoms with Crippen LogP contribution < -0.4 is 14.8 Å². The van der Waals surface area contributed by atoms with Crippen LogP contribution in [0.3, 0.4) is 0 Å². The van der Waals surface area contributed by atoms with E-state index in [-0.39, 0.29) is 23.2 Å². The SMILES string of the molecule is COc1ccc2c(c1)C1CC1(NC(=O)C(=O)N(C)C)Cn1c-2c(C2CCCCC2)c2ccc(C(=O)NS(=O)(=O)CC(C)C)cc21. The highest BCUT2D eigenvalue weighted by Crippen LogP contribution is 2.59. The number of sulfonamides is 1. The molecule has 3 aliphatic rings. The fraction of sp³-hybridized carbons (Fsp3) is 0.500. The monoisotopic (exact) mass is 634 g/mol. The van der Waals surface area contributed by atoms with E-state index in [0.29, 0.717) is 18.9 Å². The topological polar surface area (TPSA) is 127 Å². The summed E-state index contributed by atoms with van der Waals surface area (Å²) in [5, 5.41) is 4.12. The molecule has 2 aliphatic carbocycles. The molecule has 2 aromatic carbocycles. The molecule has 2 heterocycles. The molecule has 2 unspecified atom stereocenters. The maximum Gasteiger partial charge on any atom is 0.311 e. The molecule has 0 spiro atoms. The molecule has 0 saturated heterocycles. The molecule has 2 saturated carbocycles. The van der Waals surface area contributed by atoms with Crippen molar-refractivity contribution in [1.82, 2.24) is 19.5 Å². The molecule has 2 atom stereocenters. The van der Waals surface area contributed by atoms with Crippen molar-refractivity contribution in [3.63, 3.8) is 0 Å². The molecule has 11 heteroatoms. The van der Waals surface area contributed by atoms with Crippen LogP contribution in [-0.2, 0) is 26.2 Å². The Morgan fingerprint density at radius 1 is 1.07 bits per heavy atom. The molecule has 1 aliphatic heterocycles. The number of rotatable bonds is 7. The molecule has 2 N–H and O–H groups in total. The van der Waals surface area contributed by atoms with Crippen molar-refractivity contribution in [2.75, 3.05) is 27.0 Å². The zero-order valence-electron chi connectivity index (χ0n) is 26.6.